The van der Waals surface area contributed by atoms with Crippen molar-refractivity contribution < 1.29 is 47.5 Å². The predicted octanol–water partition coefficient (Wildman–Crippen LogP) is 12.1. The third-order valence-electron chi connectivity index (χ3n) is 8.82. The van der Waals surface area contributed by atoms with Crippen molar-refractivity contribution >= 4 is 25.7 Å². The summed E-state index contributed by atoms with van der Waals surface area (Å²) < 4.78 is 32.6. The van der Waals surface area contributed by atoms with Gasteiger partial charge in [0.15, 0.2) is 6.10 Å². The number of carboxylic acids is 1. The summed E-state index contributed by atoms with van der Waals surface area (Å²) in [7, 11) is -4.75. The third-order valence-corrected chi connectivity index (χ3v) is 9.77. The first-order valence-corrected chi connectivity index (χ1v) is 23.8. The number of carbonyl (C=O) groups excluding carboxylic acids is 2. The lowest BCUT2D eigenvalue weighted by Crippen LogP contribution is -2.34. The lowest BCUT2D eigenvalue weighted by atomic mass is 10.1. The van der Waals surface area contributed by atoms with E-state index in [1.807, 2.05) is 24.3 Å². The molecule has 0 aromatic carbocycles. The van der Waals surface area contributed by atoms with Crippen LogP contribution in [0.25, 0.3) is 0 Å². The molecule has 0 heterocycles. The quantitative estimate of drug-likeness (QED) is 0.0232. The molecule has 11 nitrogen and oxygen atoms in total. The normalized spacial score (nSPS) is 14.6. The molecule has 0 saturated carbocycles. The summed E-state index contributed by atoms with van der Waals surface area (Å²) in [5.41, 5.74) is 5.33. The number of phosphoric ester groups is 1. The van der Waals surface area contributed by atoms with E-state index in [0.717, 1.165) is 51.4 Å². The molecule has 3 atom stereocenters. The SMILES string of the molecule is CCCCC/C=C/C/C=C/C/C=C/C/C=C/C/C=C/CCC(=O)OC[C@H](COP(=O)(O)OC[C@H](N)C(=O)O)OC(=O)CCC/C=C/C/C=C/C/C=C/CCCCCCCC. The molecule has 0 rings (SSSR count). The van der Waals surface area contributed by atoms with E-state index in [1.54, 1.807) is 0 Å². The van der Waals surface area contributed by atoms with Crippen molar-refractivity contribution in [3.05, 3.63) is 97.2 Å². The number of hydrogen-bond acceptors (Lipinski definition) is 9. The van der Waals surface area contributed by atoms with Gasteiger partial charge < -0.3 is 25.2 Å². The molecule has 1 unspecified atom stereocenters. The fourth-order valence-corrected chi connectivity index (χ4v) is 6.08. The summed E-state index contributed by atoms with van der Waals surface area (Å²) in [4.78, 5) is 45.9. The molecule has 4 N–H and O–H groups in total. The highest BCUT2D eigenvalue weighted by Gasteiger charge is 2.28. The summed E-state index contributed by atoms with van der Waals surface area (Å²) in [5.74, 6) is -2.56. The van der Waals surface area contributed by atoms with Crippen LogP contribution in [0.3, 0.4) is 0 Å². The van der Waals surface area contributed by atoms with Crippen molar-refractivity contribution in [1.82, 2.24) is 0 Å². The molecule has 12 heteroatoms. The second-order valence-corrected chi connectivity index (χ2v) is 15.9. The Hall–Kier alpha value is -3.60. The van der Waals surface area contributed by atoms with E-state index in [2.05, 4.69) is 91.3 Å². The summed E-state index contributed by atoms with van der Waals surface area (Å²) in [5, 5.41) is 8.89. The summed E-state index contributed by atoms with van der Waals surface area (Å²) >= 11 is 0. The molecule has 60 heavy (non-hydrogen) atoms. The Morgan fingerprint density at radius 3 is 1.42 bits per heavy atom. The van der Waals surface area contributed by atoms with Crippen LogP contribution in [-0.2, 0) is 37.5 Å². The van der Waals surface area contributed by atoms with Gasteiger partial charge in [-0.25, -0.2) is 4.57 Å². The van der Waals surface area contributed by atoms with Gasteiger partial charge in [-0.15, -0.1) is 0 Å². The van der Waals surface area contributed by atoms with Crippen molar-refractivity contribution in [3.8, 4) is 0 Å². The van der Waals surface area contributed by atoms with E-state index in [1.165, 1.54) is 57.8 Å². The number of ether oxygens (including phenoxy) is 2. The van der Waals surface area contributed by atoms with Crippen molar-refractivity contribution in [2.75, 3.05) is 19.8 Å². The zero-order valence-corrected chi connectivity index (χ0v) is 37.6. The first-order valence-electron chi connectivity index (χ1n) is 22.3. The highest BCUT2D eigenvalue weighted by molar-refractivity contribution is 7.47. The minimum atomic E-state index is -4.75. The van der Waals surface area contributed by atoms with Crippen LogP contribution in [-0.4, -0.2) is 59.9 Å². The second kappa shape index (κ2) is 42.1. The van der Waals surface area contributed by atoms with Crippen molar-refractivity contribution in [2.24, 2.45) is 5.73 Å². The number of unbranched alkanes of at least 4 members (excludes halogenated alkanes) is 10. The maximum Gasteiger partial charge on any atom is 0.472 e. The van der Waals surface area contributed by atoms with E-state index in [0.29, 0.717) is 19.3 Å². The molecule has 0 aliphatic heterocycles. The van der Waals surface area contributed by atoms with Gasteiger partial charge in [-0.2, -0.15) is 0 Å². The van der Waals surface area contributed by atoms with E-state index < -0.39 is 57.7 Å². The predicted molar refractivity (Wildman–Crippen MR) is 244 cm³/mol. The maximum absolute atomic E-state index is 12.6. The van der Waals surface area contributed by atoms with Crippen LogP contribution in [0.15, 0.2) is 97.2 Å². The summed E-state index contributed by atoms with van der Waals surface area (Å²) in [6.45, 7) is 2.62. The highest BCUT2D eigenvalue weighted by Crippen LogP contribution is 2.43. The van der Waals surface area contributed by atoms with E-state index in [-0.39, 0.29) is 12.8 Å². The van der Waals surface area contributed by atoms with Gasteiger partial charge in [0.2, 0.25) is 0 Å². The molecule has 0 bridgehead atoms. The van der Waals surface area contributed by atoms with Gasteiger partial charge in [0.1, 0.15) is 12.6 Å². The molecule has 0 fully saturated rings. The Bertz CT molecular complexity index is 1380. The molecular formula is C48H78NO10P. The molecule has 0 saturated heterocycles. The van der Waals surface area contributed by atoms with Crippen LogP contribution in [0.5, 0.6) is 0 Å². The smallest absolute Gasteiger partial charge is 0.472 e. The lowest BCUT2D eigenvalue weighted by molar-refractivity contribution is -0.161. The first kappa shape index (κ1) is 56.4. The van der Waals surface area contributed by atoms with Gasteiger partial charge in [-0.3, -0.25) is 23.4 Å². The molecule has 0 amide bonds. The fraction of sp³-hybridized carbons (Fsp3) is 0.604. The van der Waals surface area contributed by atoms with E-state index in [4.69, 9.17) is 24.8 Å². The van der Waals surface area contributed by atoms with Gasteiger partial charge >= 0.3 is 25.7 Å². The van der Waals surface area contributed by atoms with Crippen LogP contribution in [0.1, 0.15) is 155 Å². The zero-order chi connectivity index (χ0) is 44.2. The topological polar surface area (TPSA) is 172 Å². The standard InChI is InChI=1S/C48H78NO10P/c1-3-5-7-9-11-13-15-17-19-21-22-24-25-27-29-31-33-35-37-39-46(50)56-41-44(42-57-60(54,55)58-43-45(49)48(52)53)59-47(51)40-38-36-34-32-30-28-26-23-20-18-16-14-12-10-8-6-4-2/h11,13,17-20,22,24,26-29,32-35,44-45H,3-10,12,14-16,21,23,25,30-31,36-43,49H2,1-2H3,(H,52,53)(H,54,55)/b13-11+,19-17+,20-18+,24-22+,28-26+,29-27+,34-32+,35-33+/t44-,45+/m1/s1. The van der Waals surface area contributed by atoms with Crippen molar-refractivity contribution in [1.29, 1.82) is 0 Å². The number of esters is 2. The highest BCUT2D eigenvalue weighted by atomic mass is 31.2. The monoisotopic (exact) mass is 860 g/mol. The van der Waals surface area contributed by atoms with Gasteiger partial charge in [-0.05, 0) is 83.5 Å². The number of aliphatic carboxylic acids is 1. The summed E-state index contributed by atoms with van der Waals surface area (Å²) in [6, 6.07) is -1.54. The van der Waals surface area contributed by atoms with Gasteiger partial charge in [0, 0.05) is 12.8 Å². The number of hydrogen-bond donors (Lipinski definition) is 3. The molecular weight excluding hydrogens is 781 g/mol. The first-order chi connectivity index (χ1) is 29.1. The largest absolute Gasteiger partial charge is 0.480 e. The zero-order valence-electron chi connectivity index (χ0n) is 36.8. The second-order valence-electron chi connectivity index (χ2n) is 14.5. The number of carbonyl (C=O) groups is 3. The van der Waals surface area contributed by atoms with Crippen molar-refractivity contribution in [2.45, 2.75) is 167 Å². The van der Waals surface area contributed by atoms with Gasteiger partial charge in [-0.1, -0.05) is 156 Å². The van der Waals surface area contributed by atoms with E-state index in [9.17, 15) is 23.8 Å². The summed E-state index contributed by atoms with van der Waals surface area (Å²) in [6.07, 6.45) is 53.5. The maximum atomic E-state index is 12.6. The molecule has 0 aromatic rings. The van der Waals surface area contributed by atoms with Crippen LogP contribution in [0, 0.1) is 0 Å². The number of phosphoric acid groups is 1. The Kier molecular flexibility index (Phi) is 39.6. The molecule has 0 radical (unpaired) electrons. The molecule has 0 aliphatic carbocycles. The Morgan fingerprint density at radius 1 is 0.517 bits per heavy atom. The number of nitrogens with two attached hydrogens (primary N) is 1. The van der Waals surface area contributed by atoms with Crippen LogP contribution in [0.4, 0.5) is 0 Å². The Balaban J connectivity index is 4.58. The number of rotatable bonds is 40. The lowest BCUT2D eigenvalue weighted by Gasteiger charge is -2.20. The minimum Gasteiger partial charge on any atom is -0.480 e. The average molecular weight is 860 g/mol. The third kappa shape index (κ3) is 41.1. The van der Waals surface area contributed by atoms with Crippen LogP contribution < -0.4 is 5.73 Å². The molecule has 0 aromatic heterocycles. The van der Waals surface area contributed by atoms with Gasteiger partial charge in [0.05, 0.1) is 13.2 Å². The van der Waals surface area contributed by atoms with Crippen LogP contribution in [0.2, 0.25) is 0 Å². The van der Waals surface area contributed by atoms with Crippen molar-refractivity contribution in [3.63, 3.8) is 0 Å². The van der Waals surface area contributed by atoms with Gasteiger partial charge in [0.25, 0.3) is 0 Å². The minimum absolute atomic E-state index is 0.0685. The Morgan fingerprint density at radius 2 is 0.917 bits per heavy atom. The molecule has 0 aliphatic rings. The molecule has 340 valence electrons. The van der Waals surface area contributed by atoms with E-state index >= 15 is 0 Å². The fourth-order valence-electron chi connectivity index (χ4n) is 5.30. The van der Waals surface area contributed by atoms with Crippen LogP contribution >= 0.6 is 7.82 Å². The average Bonchev–Trinajstić information content (AvgIpc) is 3.22. The Labute approximate surface area is 362 Å². The number of carboxylic acid groups (broad SMARTS) is 1. The number of allylic oxidation sites excluding steroid dienone is 16. The molecule has 0 spiro atoms.